The minimum atomic E-state index is -0.927. The van der Waals surface area contributed by atoms with Crippen LogP contribution in [0.5, 0.6) is 0 Å². The van der Waals surface area contributed by atoms with Gasteiger partial charge in [-0.1, -0.05) is 29.8 Å². The van der Waals surface area contributed by atoms with Crippen LogP contribution in [0, 0.1) is 11.8 Å². The molecule has 18 heavy (non-hydrogen) atoms. The molecule has 0 bridgehead atoms. The van der Waals surface area contributed by atoms with Crippen LogP contribution in [-0.4, -0.2) is 28.4 Å². The quantitative estimate of drug-likeness (QED) is 0.840. The van der Waals surface area contributed by atoms with E-state index in [1.54, 1.807) is 24.3 Å². The zero-order valence-corrected chi connectivity index (χ0v) is 10.3. The van der Waals surface area contributed by atoms with Gasteiger partial charge in [-0.3, -0.25) is 14.5 Å². The third-order valence-electron chi connectivity index (χ3n) is 3.58. The second kappa shape index (κ2) is 4.07. The molecule has 3 unspecified atom stereocenters. The Morgan fingerprint density at radius 2 is 1.89 bits per heavy atom. The lowest BCUT2D eigenvalue weighted by Crippen LogP contribution is -2.36. The molecule has 5 heteroatoms. The molecule has 3 atom stereocenters. The minimum Gasteiger partial charge on any atom is -0.386 e. The summed E-state index contributed by atoms with van der Waals surface area (Å²) in [5, 5.41) is 10.5. The number of hydrogen-bond acceptors (Lipinski definition) is 3. The molecule has 2 amide bonds. The fourth-order valence-electron chi connectivity index (χ4n) is 2.45. The summed E-state index contributed by atoms with van der Waals surface area (Å²) in [7, 11) is 0. The molecule has 1 aromatic carbocycles. The number of carbonyl (C=O) groups excluding carboxylic acids is 2. The van der Waals surface area contributed by atoms with E-state index < -0.39 is 6.10 Å². The number of nitrogens with zero attached hydrogens (tertiary/aromatic N) is 1. The van der Waals surface area contributed by atoms with E-state index in [4.69, 9.17) is 11.6 Å². The van der Waals surface area contributed by atoms with Crippen molar-refractivity contribution in [2.45, 2.75) is 12.5 Å². The summed E-state index contributed by atoms with van der Waals surface area (Å²) in [5.74, 6) is -0.570. The molecule has 1 N–H and O–H groups in total. The fraction of sp³-hybridized carbons (Fsp3) is 0.385. The molecule has 1 aliphatic carbocycles. The highest BCUT2D eigenvalue weighted by molar-refractivity contribution is 6.31. The van der Waals surface area contributed by atoms with Crippen molar-refractivity contribution in [1.29, 1.82) is 0 Å². The summed E-state index contributed by atoms with van der Waals surface area (Å²) in [4.78, 5) is 24.7. The van der Waals surface area contributed by atoms with Crippen molar-refractivity contribution in [2.75, 3.05) is 6.54 Å². The summed E-state index contributed by atoms with van der Waals surface area (Å²) in [6.07, 6.45) is -0.250. The summed E-state index contributed by atoms with van der Waals surface area (Å²) in [6, 6.07) is 6.89. The molecular formula is C13H12ClNO3. The van der Waals surface area contributed by atoms with Crippen molar-refractivity contribution in [3.05, 3.63) is 34.9 Å². The maximum atomic E-state index is 11.8. The number of hydrogen-bond donors (Lipinski definition) is 1. The number of aliphatic hydroxyl groups is 1. The highest BCUT2D eigenvalue weighted by Crippen LogP contribution is 2.47. The number of β-amino-alcohol motifs (C(OH)–C–C–N with tert-alkyl or cyclic N) is 1. The summed E-state index contributed by atoms with van der Waals surface area (Å²) < 4.78 is 0. The molecule has 4 nitrogen and oxygen atoms in total. The van der Waals surface area contributed by atoms with E-state index in [1.807, 2.05) is 0 Å². The van der Waals surface area contributed by atoms with E-state index in [-0.39, 0.29) is 30.2 Å². The van der Waals surface area contributed by atoms with Crippen LogP contribution in [0.3, 0.4) is 0 Å². The molecule has 3 rings (SSSR count). The van der Waals surface area contributed by atoms with Crippen molar-refractivity contribution in [2.24, 2.45) is 11.8 Å². The molecule has 2 aliphatic rings. The lowest BCUT2D eigenvalue weighted by Gasteiger charge is -2.21. The first-order chi connectivity index (χ1) is 8.59. The van der Waals surface area contributed by atoms with Crippen molar-refractivity contribution >= 4 is 23.4 Å². The first kappa shape index (κ1) is 11.7. The van der Waals surface area contributed by atoms with E-state index in [0.29, 0.717) is 17.0 Å². The molecule has 1 saturated carbocycles. The van der Waals surface area contributed by atoms with Crippen LogP contribution in [0.2, 0.25) is 5.02 Å². The number of imide groups is 1. The maximum absolute atomic E-state index is 11.8. The Hall–Kier alpha value is -1.39. The fourth-order valence-corrected chi connectivity index (χ4v) is 2.71. The topological polar surface area (TPSA) is 57.6 Å². The lowest BCUT2D eigenvalue weighted by molar-refractivity contribution is -0.143. The molecule has 94 valence electrons. The number of halogens is 1. The van der Waals surface area contributed by atoms with E-state index >= 15 is 0 Å². The average Bonchev–Trinajstić information content (AvgIpc) is 3.10. The third-order valence-corrected chi connectivity index (χ3v) is 3.92. The van der Waals surface area contributed by atoms with Gasteiger partial charge in [0, 0.05) is 10.6 Å². The Morgan fingerprint density at radius 1 is 1.28 bits per heavy atom. The molecule has 2 fully saturated rings. The van der Waals surface area contributed by atoms with E-state index in [2.05, 4.69) is 0 Å². The highest BCUT2D eigenvalue weighted by Gasteiger charge is 2.58. The van der Waals surface area contributed by atoms with E-state index in [0.717, 1.165) is 4.90 Å². The van der Waals surface area contributed by atoms with Gasteiger partial charge in [0.15, 0.2) is 0 Å². The predicted molar refractivity (Wildman–Crippen MR) is 64.7 cm³/mol. The molecular weight excluding hydrogens is 254 g/mol. The van der Waals surface area contributed by atoms with Crippen LogP contribution in [0.25, 0.3) is 0 Å². The molecule has 1 aromatic rings. The predicted octanol–water partition coefficient (Wildman–Crippen LogP) is 1.38. The number of rotatable bonds is 3. The second-order valence-corrected chi connectivity index (χ2v) is 5.18. The van der Waals surface area contributed by atoms with E-state index in [9.17, 15) is 14.7 Å². The third kappa shape index (κ3) is 1.72. The number of amides is 2. The molecule has 0 radical (unpaired) electrons. The van der Waals surface area contributed by atoms with Crippen LogP contribution < -0.4 is 0 Å². The minimum absolute atomic E-state index is 0.00556. The Labute approximate surface area is 109 Å². The number of piperidine rings is 1. The van der Waals surface area contributed by atoms with Crippen molar-refractivity contribution in [3.63, 3.8) is 0 Å². The monoisotopic (exact) mass is 265 g/mol. The maximum Gasteiger partial charge on any atom is 0.233 e. The first-order valence-corrected chi connectivity index (χ1v) is 6.25. The van der Waals surface area contributed by atoms with Crippen molar-refractivity contribution < 1.29 is 14.7 Å². The first-order valence-electron chi connectivity index (χ1n) is 5.87. The van der Waals surface area contributed by atoms with Gasteiger partial charge >= 0.3 is 0 Å². The van der Waals surface area contributed by atoms with Gasteiger partial charge < -0.3 is 5.11 Å². The molecule has 0 aromatic heterocycles. The van der Waals surface area contributed by atoms with Crippen LogP contribution in [0.4, 0.5) is 0 Å². The number of carbonyl (C=O) groups is 2. The van der Waals surface area contributed by atoms with Gasteiger partial charge in [-0.2, -0.15) is 0 Å². The van der Waals surface area contributed by atoms with Crippen LogP contribution >= 0.6 is 11.6 Å². The molecule has 1 aliphatic heterocycles. The number of fused-ring (bicyclic) bond motifs is 1. The van der Waals surface area contributed by atoms with Gasteiger partial charge in [-0.15, -0.1) is 0 Å². The van der Waals surface area contributed by atoms with Crippen LogP contribution in [-0.2, 0) is 9.59 Å². The van der Waals surface area contributed by atoms with Gasteiger partial charge in [0.05, 0.1) is 24.5 Å². The largest absolute Gasteiger partial charge is 0.386 e. The summed E-state index contributed by atoms with van der Waals surface area (Å²) in [5.41, 5.74) is 0.542. The SMILES string of the molecule is O=C1C2CC2C(=O)N1CC(O)c1ccccc1Cl. The van der Waals surface area contributed by atoms with Gasteiger partial charge in [-0.25, -0.2) is 0 Å². The van der Waals surface area contributed by atoms with Crippen LogP contribution in [0.1, 0.15) is 18.1 Å². The normalized spacial score (nSPS) is 27.3. The standard InChI is InChI=1S/C13H12ClNO3/c14-10-4-2-1-3-7(10)11(16)6-15-12(17)8-5-9(8)13(15)18/h1-4,8-9,11,16H,5-6H2. The zero-order chi connectivity index (χ0) is 12.9. The zero-order valence-electron chi connectivity index (χ0n) is 9.54. The Kier molecular flexibility index (Phi) is 2.64. The van der Waals surface area contributed by atoms with Gasteiger partial charge in [-0.05, 0) is 12.5 Å². The summed E-state index contributed by atoms with van der Waals surface area (Å²) in [6.45, 7) is -0.00556. The Balaban J connectivity index is 1.76. The average molecular weight is 266 g/mol. The van der Waals surface area contributed by atoms with Crippen molar-refractivity contribution in [1.82, 2.24) is 4.90 Å². The van der Waals surface area contributed by atoms with Gasteiger partial charge in [0.1, 0.15) is 0 Å². The lowest BCUT2D eigenvalue weighted by atomic mass is 10.1. The Bertz CT molecular complexity index is 511. The molecule has 1 saturated heterocycles. The van der Waals surface area contributed by atoms with E-state index in [1.165, 1.54) is 0 Å². The highest BCUT2D eigenvalue weighted by atomic mass is 35.5. The molecule has 1 heterocycles. The van der Waals surface area contributed by atoms with Crippen molar-refractivity contribution in [3.8, 4) is 0 Å². The molecule has 0 spiro atoms. The smallest absolute Gasteiger partial charge is 0.233 e. The number of aliphatic hydroxyl groups excluding tert-OH is 1. The summed E-state index contributed by atoms with van der Waals surface area (Å²) >= 11 is 5.97. The second-order valence-electron chi connectivity index (χ2n) is 4.77. The number of benzene rings is 1. The van der Waals surface area contributed by atoms with Gasteiger partial charge in [0.2, 0.25) is 11.8 Å². The van der Waals surface area contributed by atoms with Gasteiger partial charge in [0.25, 0.3) is 0 Å². The Morgan fingerprint density at radius 3 is 2.50 bits per heavy atom. The van der Waals surface area contributed by atoms with Crippen LogP contribution in [0.15, 0.2) is 24.3 Å². The number of likely N-dealkylation sites (tertiary alicyclic amines) is 1.